The fourth-order valence-electron chi connectivity index (χ4n) is 6.03. The first-order valence-corrected chi connectivity index (χ1v) is 14.8. The Kier molecular flexibility index (Phi) is 8.44. The van der Waals surface area contributed by atoms with E-state index in [2.05, 4.69) is 15.6 Å². The molecule has 1 atom stereocenters. The second kappa shape index (κ2) is 12.3. The number of carbonyl (C=O) groups excluding carboxylic acids is 3. The van der Waals surface area contributed by atoms with Crippen molar-refractivity contribution in [2.24, 2.45) is 0 Å². The third kappa shape index (κ3) is 6.21. The SMILES string of the molecule is O=C(Nc1ccc(Cl)c(C(F)(F)F)c1)NC1CCc2[nH]c3cc(C(=O)N4CCOCC4)cc(C(=O)N4CCOCC4)c3c2C1. The number of carbonyl (C=O) groups is 3. The minimum absolute atomic E-state index is 0.0429. The second-order valence-corrected chi connectivity index (χ2v) is 11.5. The average molecular weight is 634 g/mol. The molecule has 2 fully saturated rings. The van der Waals surface area contributed by atoms with Crippen LogP contribution in [-0.2, 0) is 28.5 Å². The normalized spacial score (nSPS) is 19.0. The number of amides is 4. The molecule has 0 spiro atoms. The van der Waals surface area contributed by atoms with Crippen LogP contribution in [0.4, 0.5) is 23.7 Å². The van der Waals surface area contributed by atoms with Crippen LogP contribution in [0.3, 0.4) is 0 Å². The van der Waals surface area contributed by atoms with Gasteiger partial charge in [0.25, 0.3) is 11.8 Å². The smallest absolute Gasteiger partial charge is 0.378 e. The molecule has 1 aromatic heterocycles. The molecule has 2 aromatic carbocycles. The molecule has 14 heteroatoms. The second-order valence-electron chi connectivity index (χ2n) is 11.1. The maximum Gasteiger partial charge on any atom is 0.417 e. The molecule has 6 rings (SSSR count). The lowest BCUT2D eigenvalue weighted by molar-refractivity contribution is -0.137. The summed E-state index contributed by atoms with van der Waals surface area (Å²) in [7, 11) is 0. The van der Waals surface area contributed by atoms with Crippen LogP contribution < -0.4 is 10.6 Å². The molecule has 234 valence electrons. The topological polar surface area (TPSA) is 116 Å². The van der Waals surface area contributed by atoms with Gasteiger partial charge >= 0.3 is 12.2 Å². The molecule has 1 unspecified atom stereocenters. The Morgan fingerprint density at radius 1 is 0.932 bits per heavy atom. The Morgan fingerprint density at radius 2 is 1.59 bits per heavy atom. The lowest BCUT2D eigenvalue weighted by Gasteiger charge is -2.29. The number of nitrogens with zero attached hydrogens (tertiary/aromatic N) is 2. The van der Waals surface area contributed by atoms with Gasteiger partial charge in [0.1, 0.15) is 0 Å². The van der Waals surface area contributed by atoms with Gasteiger partial charge in [0.05, 0.1) is 37.0 Å². The number of nitrogens with one attached hydrogen (secondary N) is 3. The number of ether oxygens (including phenoxy) is 2. The Morgan fingerprint density at radius 3 is 2.25 bits per heavy atom. The Bertz CT molecular complexity index is 1600. The van der Waals surface area contributed by atoms with Gasteiger partial charge in [0.15, 0.2) is 0 Å². The van der Waals surface area contributed by atoms with Crippen molar-refractivity contribution in [1.29, 1.82) is 0 Å². The number of benzene rings is 2. The number of aryl methyl sites for hydroxylation is 1. The number of morpholine rings is 2. The Hall–Kier alpha value is -3.81. The van der Waals surface area contributed by atoms with Crippen molar-refractivity contribution in [2.45, 2.75) is 31.5 Å². The molecule has 4 amide bonds. The summed E-state index contributed by atoms with van der Waals surface area (Å²) in [6.45, 7) is 3.54. The molecular formula is C30H31ClF3N5O5. The van der Waals surface area contributed by atoms with Crippen LogP contribution in [0.1, 0.15) is 44.0 Å². The fraction of sp³-hybridized carbons (Fsp3) is 0.433. The molecule has 44 heavy (non-hydrogen) atoms. The maximum absolute atomic E-state index is 13.9. The summed E-state index contributed by atoms with van der Waals surface area (Å²) in [6, 6.07) is 5.61. The van der Waals surface area contributed by atoms with E-state index in [1.807, 2.05) is 0 Å². The van der Waals surface area contributed by atoms with Crippen molar-refractivity contribution in [3.05, 3.63) is 63.3 Å². The van der Waals surface area contributed by atoms with E-state index in [-0.39, 0.29) is 23.5 Å². The number of rotatable bonds is 4. The molecule has 0 radical (unpaired) electrons. The van der Waals surface area contributed by atoms with Gasteiger partial charge in [-0.05, 0) is 55.2 Å². The maximum atomic E-state index is 13.9. The number of halogens is 4. The first-order valence-electron chi connectivity index (χ1n) is 14.4. The van der Waals surface area contributed by atoms with Crippen molar-refractivity contribution in [2.75, 3.05) is 57.9 Å². The summed E-state index contributed by atoms with van der Waals surface area (Å²) in [5.41, 5.74) is 2.18. The molecule has 3 heterocycles. The zero-order valence-electron chi connectivity index (χ0n) is 23.7. The van der Waals surface area contributed by atoms with E-state index in [9.17, 15) is 27.6 Å². The summed E-state index contributed by atoms with van der Waals surface area (Å²) in [6.07, 6.45) is -3.15. The first-order chi connectivity index (χ1) is 21.1. The van der Waals surface area contributed by atoms with E-state index in [0.717, 1.165) is 23.4 Å². The highest BCUT2D eigenvalue weighted by molar-refractivity contribution is 6.31. The number of aromatic nitrogens is 1. The summed E-state index contributed by atoms with van der Waals surface area (Å²) in [5.74, 6) is -0.376. The van der Waals surface area contributed by atoms with E-state index in [0.29, 0.717) is 93.9 Å². The molecular weight excluding hydrogens is 603 g/mol. The molecule has 1 aliphatic carbocycles. The monoisotopic (exact) mass is 633 g/mol. The summed E-state index contributed by atoms with van der Waals surface area (Å²) in [5, 5.41) is 5.57. The largest absolute Gasteiger partial charge is 0.417 e. The minimum Gasteiger partial charge on any atom is -0.378 e. The third-order valence-corrected chi connectivity index (χ3v) is 8.55. The number of hydrogen-bond donors (Lipinski definition) is 3. The number of aromatic amines is 1. The number of alkyl halides is 3. The number of anilines is 1. The van der Waals surface area contributed by atoms with Gasteiger partial charge in [-0.2, -0.15) is 13.2 Å². The first kappa shape index (κ1) is 30.2. The van der Waals surface area contributed by atoms with Crippen molar-refractivity contribution in [3.8, 4) is 0 Å². The number of urea groups is 1. The predicted octanol–water partition coefficient (Wildman–Crippen LogP) is 4.46. The Balaban J connectivity index is 1.27. The number of H-pyrrole nitrogens is 1. The highest BCUT2D eigenvalue weighted by atomic mass is 35.5. The van der Waals surface area contributed by atoms with Gasteiger partial charge in [0, 0.05) is 65.6 Å². The molecule has 0 bridgehead atoms. The van der Waals surface area contributed by atoms with Gasteiger partial charge in [-0.1, -0.05) is 11.6 Å². The van der Waals surface area contributed by atoms with Gasteiger partial charge in [-0.25, -0.2) is 4.79 Å². The highest BCUT2D eigenvalue weighted by Crippen LogP contribution is 2.37. The van der Waals surface area contributed by atoms with E-state index in [4.69, 9.17) is 21.1 Å². The molecule has 0 saturated carbocycles. The molecule has 2 aliphatic heterocycles. The van der Waals surface area contributed by atoms with Gasteiger partial charge in [-0.3, -0.25) is 9.59 Å². The van der Waals surface area contributed by atoms with E-state index < -0.39 is 22.8 Å². The van der Waals surface area contributed by atoms with Crippen LogP contribution in [0.25, 0.3) is 10.9 Å². The van der Waals surface area contributed by atoms with Crippen molar-refractivity contribution < 1.29 is 37.0 Å². The highest BCUT2D eigenvalue weighted by Gasteiger charge is 2.34. The minimum atomic E-state index is -4.66. The number of fused-ring (bicyclic) bond motifs is 3. The van der Waals surface area contributed by atoms with Crippen LogP contribution >= 0.6 is 11.6 Å². The summed E-state index contributed by atoms with van der Waals surface area (Å²) in [4.78, 5) is 47.0. The molecule has 3 aliphatic rings. The van der Waals surface area contributed by atoms with Crippen molar-refractivity contribution in [3.63, 3.8) is 0 Å². The van der Waals surface area contributed by atoms with Crippen LogP contribution in [0.2, 0.25) is 5.02 Å². The quantitative estimate of drug-likeness (QED) is 0.392. The average Bonchev–Trinajstić information content (AvgIpc) is 3.39. The van der Waals surface area contributed by atoms with Crippen molar-refractivity contribution in [1.82, 2.24) is 20.1 Å². The number of hydrogen-bond acceptors (Lipinski definition) is 5. The van der Waals surface area contributed by atoms with E-state index in [1.165, 1.54) is 6.07 Å². The standard InChI is InChI=1S/C30H31ClF3N5O5/c31-23-3-1-19(16-22(23)30(32,33)34)36-29(42)35-18-2-4-24-20(15-18)26-21(28(41)39-7-11-44-12-8-39)13-17(14-25(26)37-24)27(40)38-5-9-43-10-6-38/h1,3,13-14,16,18,37H,2,4-12,15H2,(H2,35,36,42). The Labute approximate surface area is 255 Å². The third-order valence-electron chi connectivity index (χ3n) is 8.22. The molecule has 3 aromatic rings. The van der Waals surface area contributed by atoms with Crippen LogP contribution in [-0.4, -0.2) is 91.3 Å². The molecule has 2 saturated heterocycles. The molecule has 3 N–H and O–H groups in total. The molecule has 10 nitrogen and oxygen atoms in total. The lowest BCUT2D eigenvalue weighted by atomic mass is 9.89. The van der Waals surface area contributed by atoms with Crippen LogP contribution in [0.5, 0.6) is 0 Å². The van der Waals surface area contributed by atoms with Gasteiger partial charge < -0.3 is 34.9 Å². The fourth-order valence-corrected chi connectivity index (χ4v) is 6.26. The predicted molar refractivity (Wildman–Crippen MR) is 156 cm³/mol. The van der Waals surface area contributed by atoms with Gasteiger partial charge in [-0.15, -0.1) is 0 Å². The van der Waals surface area contributed by atoms with Gasteiger partial charge in [0.2, 0.25) is 0 Å². The van der Waals surface area contributed by atoms with Crippen LogP contribution in [0.15, 0.2) is 30.3 Å². The van der Waals surface area contributed by atoms with E-state index in [1.54, 1.807) is 21.9 Å². The zero-order chi connectivity index (χ0) is 31.0. The summed E-state index contributed by atoms with van der Waals surface area (Å²) < 4.78 is 50.6. The van der Waals surface area contributed by atoms with Crippen molar-refractivity contribution >= 4 is 46.0 Å². The lowest BCUT2D eigenvalue weighted by Crippen LogP contribution is -2.42. The van der Waals surface area contributed by atoms with E-state index >= 15 is 0 Å². The van der Waals surface area contributed by atoms with Crippen LogP contribution in [0, 0.1) is 0 Å². The zero-order valence-corrected chi connectivity index (χ0v) is 24.4. The summed E-state index contributed by atoms with van der Waals surface area (Å²) >= 11 is 5.70.